The molecule has 0 N–H and O–H groups in total. The van der Waals surface area contributed by atoms with Crippen molar-refractivity contribution in [3.8, 4) is 5.75 Å². The van der Waals surface area contributed by atoms with Gasteiger partial charge >= 0.3 is 0 Å². The second-order valence-electron chi connectivity index (χ2n) is 12.5. The minimum atomic E-state index is -0.0926. The zero-order valence-electron chi connectivity index (χ0n) is 26.3. The number of amides is 2. The summed E-state index contributed by atoms with van der Waals surface area (Å²) in [5.41, 5.74) is 4.00. The van der Waals surface area contributed by atoms with E-state index in [2.05, 4.69) is 65.2 Å². The summed E-state index contributed by atoms with van der Waals surface area (Å²) >= 11 is 0. The molecular formula is C35H49N3O3. The van der Waals surface area contributed by atoms with Gasteiger partial charge in [-0.15, -0.1) is 0 Å². The number of methoxy groups -OCH3 is 1. The maximum absolute atomic E-state index is 13.9. The van der Waals surface area contributed by atoms with Crippen LogP contribution >= 0.6 is 0 Å². The van der Waals surface area contributed by atoms with Crippen molar-refractivity contribution in [1.29, 1.82) is 0 Å². The number of hydrogen-bond acceptors (Lipinski definition) is 3. The average Bonchev–Trinajstić information content (AvgIpc) is 3.38. The molecule has 0 aliphatic carbocycles. The molecule has 0 fully saturated rings. The Morgan fingerprint density at radius 3 is 2.29 bits per heavy atom. The number of aromatic nitrogens is 1. The molecule has 3 rings (SSSR count). The molecule has 222 valence electrons. The Hall–Kier alpha value is -3.54. The van der Waals surface area contributed by atoms with Gasteiger partial charge in [0.25, 0.3) is 5.91 Å². The number of rotatable bonds is 13. The van der Waals surface area contributed by atoms with Crippen LogP contribution in [0, 0.1) is 5.92 Å². The molecule has 0 aliphatic rings. The van der Waals surface area contributed by atoms with Crippen molar-refractivity contribution < 1.29 is 14.3 Å². The summed E-state index contributed by atoms with van der Waals surface area (Å²) in [6.45, 7) is 16.7. The van der Waals surface area contributed by atoms with Gasteiger partial charge in [0.05, 0.1) is 13.7 Å². The van der Waals surface area contributed by atoms with Gasteiger partial charge in [-0.2, -0.15) is 0 Å². The largest absolute Gasteiger partial charge is 0.497 e. The summed E-state index contributed by atoms with van der Waals surface area (Å²) in [5, 5.41) is 0. The van der Waals surface area contributed by atoms with E-state index in [0.29, 0.717) is 31.1 Å². The normalized spacial score (nSPS) is 12.3. The van der Waals surface area contributed by atoms with Gasteiger partial charge in [-0.1, -0.05) is 65.8 Å². The maximum atomic E-state index is 13.9. The van der Waals surface area contributed by atoms with Crippen molar-refractivity contribution in [3.63, 3.8) is 0 Å². The molecular weight excluding hydrogens is 510 g/mol. The van der Waals surface area contributed by atoms with Crippen molar-refractivity contribution in [1.82, 2.24) is 14.4 Å². The Balaban J connectivity index is 1.81. The molecule has 6 nitrogen and oxygen atoms in total. The first-order valence-corrected chi connectivity index (χ1v) is 14.9. The van der Waals surface area contributed by atoms with Gasteiger partial charge in [0.1, 0.15) is 12.3 Å². The third-order valence-electron chi connectivity index (χ3n) is 7.77. The molecule has 0 bridgehead atoms. The van der Waals surface area contributed by atoms with E-state index in [1.54, 1.807) is 12.0 Å². The Morgan fingerprint density at radius 2 is 1.68 bits per heavy atom. The summed E-state index contributed by atoms with van der Waals surface area (Å²) < 4.78 is 7.57. The average molecular weight is 560 g/mol. The summed E-state index contributed by atoms with van der Waals surface area (Å²) in [7, 11) is 1.67. The van der Waals surface area contributed by atoms with Crippen molar-refractivity contribution in [2.75, 3.05) is 20.2 Å². The molecule has 1 aromatic heterocycles. The van der Waals surface area contributed by atoms with Crippen molar-refractivity contribution in [2.24, 2.45) is 5.92 Å². The molecule has 0 saturated carbocycles. The molecule has 3 aromatic rings. The van der Waals surface area contributed by atoms with Crippen molar-refractivity contribution in [2.45, 2.75) is 85.9 Å². The monoisotopic (exact) mass is 559 g/mol. The fraction of sp³-hybridized carbons (Fsp3) is 0.486. The summed E-state index contributed by atoms with van der Waals surface area (Å²) in [6.07, 6.45) is 3.72. The lowest BCUT2D eigenvalue weighted by molar-refractivity contribution is -0.134. The van der Waals surface area contributed by atoms with Gasteiger partial charge < -0.3 is 19.1 Å². The molecule has 2 amide bonds. The Morgan fingerprint density at radius 1 is 0.976 bits per heavy atom. The van der Waals surface area contributed by atoms with Crippen LogP contribution in [-0.4, -0.2) is 52.4 Å². The lowest BCUT2D eigenvalue weighted by Crippen LogP contribution is -2.46. The fourth-order valence-electron chi connectivity index (χ4n) is 4.82. The number of benzene rings is 2. The molecule has 0 spiro atoms. The standard InChI is InChI=1S/C35H49N3O3/c1-9-27(4)38(24-31-13-11-20-36(31)23-28-12-10-14-32(22-28)41-8)33(39)25-37(21-19-26(2)3)34(40)29-15-17-30(18-16-29)35(5,6)7/h10-18,20,22,26-27H,9,19,21,23-25H2,1-8H3/t27-/m0/s1. The Bertz CT molecular complexity index is 1270. The number of carbonyl (C=O) groups is 2. The number of ether oxygens (including phenoxy) is 1. The van der Waals surface area contributed by atoms with E-state index in [1.807, 2.05) is 59.6 Å². The first kappa shape index (κ1) is 32.0. The van der Waals surface area contributed by atoms with Crippen LogP contribution in [0.3, 0.4) is 0 Å². The van der Waals surface area contributed by atoms with Gasteiger partial charge in [0.2, 0.25) is 5.91 Å². The highest BCUT2D eigenvalue weighted by molar-refractivity contribution is 5.96. The molecule has 0 aliphatic heterocycles. The molecule has 41 heavy (non-hydrogen) atoms. The highest BCUT2D eigenvalue weighted by Crippen LogP contribution is 2.23. The van der Waals surface area contributed by atoms with E-state index < -0.39 is 0 Å². The Labute approximate surface area is 247 Å². The van der Waals surface area contributed by atoms with Crippen LogP contribution in [0.5, 0.6) is 5.75 Å². The van der Waals surface area contributed by atoms with Crippen LogP contribution < -0.4 is 4.74 Å². The van der Waals surface area contributed by atoms with Gasteiger partial charge in [0.15, 0.2) is 0 Å². The van der Waals surface area contributed by atoms with Crippen molar-refractivity contribution >= 4 is 11.8 Å². The van der Waals surface area contributed by atoms with E-state index in [9.17, 15) is 9.59 Å². The van der Waals surface area contributed by atoms with Crippen LogP contribution in [0.25, 0.3) is 0 Å². The van der Waals surface area contributed by atoms with Gasteiger partial charge in [0, 0.05) is 36.6 Å². The number of carbonyl (C=O) groups excluding carboxylic acids is 2. The van der Waals surface area contributed by atoms with E-state index in [4.69, 9.17) is 4.74 Å². The summed E-state index contributed by atoms with van der Waals surface area (Å²) in [6, 6.07) is 20.0. The van der Waals surface area contributed by atoms with Gasteiger partial charge in [-0.05, 0) is 78.6 Å². The van der Waals surface area contributed by atoms with Crippen LogP contribution in [-0.2, 0) is 23.3 Å². The predicted molar refractivity (Wildman–Crippen MR) is 167 cm³/mol. The van der Waals surface area contributed by atoms with E-state index >= 15 is 0 Å². The molecule has 6 heteroatoms. The van der Waals surface area contributed by atoms with Gasteiger partial charge in [-0.3, -0.25) is 9.59 Å². The molecule has 0 saturated heterocycles. The lowest BCUT2D eigenvalue weighted by atomic mass is 9.86. The minimum Gasteiger partial charge on any atom is -0.497 e. The van der Waals surface area contributed by atoms with Crippen LogP contribution in [0.2, 0.25) is 0 Å². The fourth-order valence-corrected chi connectivity index (χ4v) is 4.82. The number of nitrogens with zero attached hydrogens (tertiary/aromatic N) is 3. The SMILES string of the molecule is CC[C@H](C)N(Cc1cccn1Cc1cccc(OC)c1)C(=O)CN(CCC(C)C)C(=O)c1ccc(C(C)(C)C)cc1. The third kappa shape index (κ3) is 8.97. The summed E-state index contributed by atoms with van der Waals surface area (Å²) in [5.74, 6) is 1.13. The molecule has 2 aromatic carbocycles. The lowest BCUT2D eigenvalue weighted by Gasteiger charge is -2.32. The van der Waals surface area contributed by atoms with E-state index in [-0.39, 0.29) is 29.8 Å². The van der Waals surface area contributed by atoms with Crippen LogP contribution in [0.1, 0.15) is 88.5 Å². The topological polar surface area (TPSA) is 54.8 Å². The van der Waals surface area contributed by atoms with Gasteiger partial charge in [-0.25, -0.2) is 0 Å². The molecule has 0 unspecified atom stereocenters. The predicted octanol–water partition coefficient (Wildman–Crippen LogP) is 7.16. The summed E-state index contributed by atoms with van der Waals surface area (Å²) in [4.78, 5) is 31.3. The minimum absolute atomic E-state index is 0.00983. The van der Waals surface area contributed by atoms with Crippen molar-refractivity contribution in [3.05, 3.63) is 89.2 Å². The number of hydrogen-bond donors (Lipinski definition) is 0. The zero-order valence-corrected chi connectivity index (χ0v) is 26.3. The second-order valence-corrected chi connectivity index (χ2v) is 12.5. The second kappa shape index (κ2) is 14.4. The first-order chi connectivity index (χ1) is 19.4. The third-order valence-corrected chi connectivity index (χ3v) is 7.77. The quantitative estimate of drug-likeness (QED) is 0.223. The molecule has 1 heterocycles. The van der Waals surface area contributed by atoms with E-state index in [0.717, 1.165) is 29.8 Å². The first-order valence-electron chi connectivity index (χ1n) is 14.9. The maximum Gasteiger partial charge on any atom is 0.254 e. The Kier molecular flexibility index (Phi) is 11.2. The van der Waals surface area contributed by atoms with Crippen LogP contribution in [0.4, 0.5) is 0 Å². The zero-order chi connectivity index (χ0) is 30.2. The molecule has 1 atom stereocenters. The van der Waals surface area contributed by atoms with Crippen LogP contribution in [0.15, 0.2) is 66.9 Å². The van der Waals surface area contributed by atoms with E-state index in [1.165, 1.54) is 5.56 Å². The highest BCUT2D eigenvalue weighted by atomic mass is 16.5. The molecule has 0 radical (unpaired) electrons. The highest BCUT2D eigenvalue weighted by Gasteiger charge is 2.26. The smallest absolute Gasteiger partial charge is 0.254 e.